The fraction of sp³-hybridized carbons (Fsp3) is 0. The van der Waals surface area contributed by atoms with E-state index in [1.807, 2.05) is 17.4 Å². The Kier molecular flexibility index (Phi) is 5.09. The van der Waals surface area contributed by atoms with Crippen LogP contribution in [0, 0.1) is 0 Å². The van der Waals surface area contributed by atoms with Gasteiger partial charge in [0.1, 0.15) is 0 Å². The summed E-state index contributed by atoms with van der Waals surface area (Å²) in [6, 6.07) is 43.5. The van der Waals surface area contributed by atoms with E-state index in [0.29, 0.717) is 0 Å². The van der Waals surface area contributed by atoms with E-state index in [1.54, 1.807) is 11.3 Å². The number of benzene rings is 6. The monoisotopic (exact) mass is 617 g/mol. The van der Waals surface area contributed by atoms with Crippen LogP contribution in [0.3, 0.4) is 0 Å². The number of hydrogen-bond donors (Lipinski definition) is 0. The maximum atomic E-state index is 6.56. The van der Waals surface area contributed by atoms with Crippen LogP contribution in [-0.2, 0) is 0 Å². The second-order valence-corrected chi connectivity index (χ2v) is 13.5. The van der Waals surface area contributed by atoms with Gasteiger partial charge < -0.3 is 4.57 Å². The fourth-order valence-electron chi connectivity index (χ4n) is 6.94. The van der Waals surface area contributed by atoms with Crippen molar-refractivity contribution in [3.63, 3.8) is 0 Å². The molecule has 0 aliphatic rings. The third-order valence-electron chi connectivity index (χ3n) is 8.72. The van der Waals surface area contributed by atoms with Gasteiger partial charge >= 0.3 is 0 Å². The highest BCUT2D eigenvalue weighted by atomic mass is 35.5. The molecular formula is C38H20ClN3S2. The molecule has 0 amide bonds. The standard InChI is InChI=1S/C38H20ClN3S2/c39-38-40-33(37-34(41-38)27-16-5-8-19-30(27)44-37)21-10-9-11-22(20-21)42-28-17-6-3-14-25(28)32-35(42)24-13-2-1-12-23(24)31-26-15-4-7-18-29(26)43-36(31)32/h1-20H. The number of halogens is 1. The Morgan fingerprint density at radius 2 is 1.20 bits per heavy atom. The van der Waals surface area contributed by atoms with Crippen LogP contribution in [0.5, 0.6) is 0 Å². The number of rotatable bonds is 2. The summed E-state index contributed by atoms with van der Waals surface area (Å²) in [5, 5.41) is 9.11. The summed E-state index contributed by atoms with van der Waals surface area (Å²) in [6.07, 6.45) is 0. The lowest BCUT2D eigenvalue weighted by Gasteiger charge is -2.12. The molecule has 0 radical (unpaired) electrons. The van der Waals surface area contributed by atoms with Gasteiger partial charge in [0.25, 0.3) is 0 Å². The van der Waals surface area contributed by atoms with Crippen LogP contribution in [-0.4, -0.2) is 14.5 Å². The van der Waals surface area contributed by atoms with E-state index in [-0.39, 0.29) is 5.28 Å². The Labute approximate surface area is 264 Å². The quantitative estimate of drug-likeness (QED) is 0.181. The molecule has 0 aliphatic heterocycles. The first-order valence-corrected chi connectivity index (χ1v) is 16.5. The average Bonchev–Trinajstić information content (AvgIpc) is 3.74. The summed E-state index contributed by atoms with van der Waals surface area (Å²) in [7, 11) is 0. The van der Waals surface area contributed by atoms with E-state index in [4.69, 9.17) is 16.6 Å². The van der Waals surface area contributed by atoms with Gasteiger partial charge in [0.05, 0.1) is 26.9 Å². The molecule has 44 heavy (non-hydrogen) atoms. The van der Waals surface area contributed by atoms with Gasteiger partial charge in [-0.05, 0) is 47.3 Å². The van der Waals surface area contributed by atoms with Crippen LogP contribution in [0.1, 0.15) is 0 Å². The van der Waals surface area contributed by atoms with Crippen molar-refractivity contribution in [3.05, 3.63) is 127 Å². The number of hydrogen-bond acceptors (Lipinski definition) is 4. The van der Waals surface area contributed by atoms with Crippen LogP contribution < -0.4 is 0 Å². The second kappa shape index (κ2) is 9.10. The summed E-state index contributed by atoms with van der Waals surface area (Å²) in [5.41, 5.74) is 6.28. The van der Waals surface area contributed by atoms with E-state index >= 15 is 0 Å². The lowest BCUT2D eigenvalue weighted by molar-refractivity contribution is 1.18. The van der Waals surface area contributed by atoms with E-state index in [2.05, 4.69) is 125 Å². The highest BCUT2D eigenvalue weighted by Crippen LogP contribution is 2.48. The Morgan fingerprint density at radius 1 is 0.545 bits per heavy atom. The molecular weight excluding hydrogens is 598 g/mol. The van der Waals surface area contributed by atoms with Crippen LogP contribution in [0.2, 0.25) is 5.28 Å². The van der Waals surface area contributed by atoms with Crippen molar-refractivity contribution in [2.45, 2.75) is 0 Å². The molecule has 0 fully saturated rings. The largest absolute Gasteiger partial charge is 0.309 e. The molecule has 3 nitrogen and oxygen atoms in total. The Morgan fingerprint density at radius 3 is 2.05 bits per heavy atom. The third-order valence-corrected chi connectivity index (χ3v) is 11.2. The first-order valence-electron chi connectivity index (χ1n) is 14.5. The van der Waals surface area contributed by atoms with Crippen molar-refractivity contribution in [2.75, 3.05) is 0 Å². The predicted octanol–water partition coefficient (Wildman–Crippen LogP) is 11.8. The van der Waals surface area contributed by atoms with Crippen LogP contribution in [0.4, 0.5) is 0 Å². The molecule has 6 aromatic carbocycles. The third kappa shape index (κ3) is 3.32. The molecule has 0 atom stereocenters. The summed E-state index contributed by atoms with van der Waals surface area (Å²) in [5.74, 6) is 0. The lowest BCUT2D eigenvalue weighted by Crippen LogP contribution is -1.96. The van der Waals surface area contributed by atoms with Crippen molar-refractivity contribution >= 4 is 107 Å². The lowest BCUT2D eigenvalue weighted by atomic mass is 9.99. The molecule has 10 rings (SSSR count). The summed E-state index contributed by atoms with van der Waals surface area (Å²) >= 11 is 10.2. The highest BCUT2D eigenvalue weighted by molar-refractivity contribution is 7.27. The van der Waals surface area contributed by atoms with E-state index in [1.165, 1.54) is 57.5 Å². The van der Waals surface area contributed by atoms with Gasteiger partial charge in [0, 0.05) is 57.7 Å². The summed E-state index contributed by atoms with van der Waals surface area (Å²) in [4.78, 5) is 9.43. The molecule has 0 spiro atoms. The molecule has 0 aliphatic carbocycles. The molecule has 10 aromatic rings. The minimum atomic E-state index is 0.261. The van der Waals surface area contributed by atoms with Crippen LogP contribution >= 0.6 is 34.3 Å². The topological polar surface area (TPSA) is 30.7 Å². The maximum Gasteiger partial charge on any atom is 0.223 e. The summed E-state index contributed by atoms with van der Waals surface area (Å²) < 4.78 is 7.31. The fourth-order valence-corrected chi connectivity index (χ4v) is 9.54. The van der Waals surface area contributed by atoms with E-state index < -0.39 is 0 Å². The van der Waals surface area contributed by atoms with Crippen molar-refractivity contribution in [1.29, 1.82) is 0 Å². The molecule has 6 heteroatoms. The van der Waals surface area contributed by atoms with Gasteiger partial charge in [0.15, 0.2) is 0 Å². The van der Waals surface area contributed by atoms with Crippen molar-refractivity contribution in [1.82, 2.24) is 14.5 Å². The molecule has 206 valence electrons. The molecule has 4 aromatic heterocycles. The first kappa shape index (κ1) is 24.6. The first-order chi connectivity index (χ1) is 21.7. The molecule has 0 saturated carbocycles. The maximum absolute atomic E-state index is 6.56. The minimum absolute atomic E-state index is 0.261. The van der Waals surface area contributed by atoms with Gasteiger partial charge in [-0.15, -0.1) is 22.7 Å². The molecule has 0 saturated heterocycles. The van der Waals surface area contributed by atoms with Crippen LogP contribution in [0.15, 0.2) is 121 Å². The average molecular weight is 618 g/mol. The van der Waals surface area contributed by atoms with Gasteiger partial charge in [-0.2, -0.15) is 0 Å². The van der Waals surface area contributed by atoms with Crippen molar-refractivity contribution in [2.24, 2.45) is 0 Å². The highest BCUT2D eigenvalue weighted by Gasteiger charge is 2.22. The molecule has 4 heterocycles. The number of nitrogens with zero attached hydrogens (tertiary/aromatic N) is 3. The molecule has 0 bridgehead atoms. The predicted molar refractivity (Wildman–Crippen MR) is 190 cm³/mol. The van der Waals surface area contributed by atoms with Gasteiger partial charge in [-0.3, -0.25) is 0 Å². The second-order valence-electron chi connectivity index (χ2n) is 11.1. The van der Waals surface area contributed by atoms with Crippen molar-refractivity contribution in [3.8, 4) is 16.9 Å². The Bertz CT molecular complexity index is 2800. The number of aromatic nitrogens is 3. The zero-order valence-electron chi connectivity index (χ0n) is 23.1. The van der Waals surface area contributed by atoms with Gasteiger partial charge in [-0.1, -0.05) is 91.0 Å². The smallest absolute Gasteiger partial charge is 0.223 e. The Hall–Kier alpha value is -4.81. The normalized spacial score (nSPS) is 12.2. The van der Waals surface area contributed by atoms with E-state index in [0.717, 1.165) is 32.5 Å². The number of thiophene rings is 2. The van der Waals surface area contributed by atoms with Gasteiger partial charge in [0.2, 0.25) is 5.28 Å². The molecule has 0 N–H and O–H groups in total. The zero-order valence-corrected chi connectivity index (χ0v) is 25.5. The van der Waals surface area contributed by atoms with Crippen LogP contribution in [0.25, 0.3) is 90.0 Å². The number of fused-ring (bicyclic) bond motifs is 13. The molecule has 0 unspecified atom stereocenters. The van der Waals surface area contributed by atoms with Gasteiger partial charge in [-0.25, -0.2) is 9.97 Å². The van der Waals surface area contributed by atoms with E-state index in [9.17, 15) is 0 Å². The summed E-state index contributed by atoms with van der Waals surface area (Å²) in [6.45, 7) is 0. The number of para-hydroxylation sites is 1. The SMILES string of the molecule is Clc1nc(-c2cccc(-n3c4ccccc4c4c5sc6ccccc6c5c5ccccc5c43)c2)c2sc3ccccc3c2n1. The van der Waals surface area contributed by atoms with Crippen molar-refractivity contribution < 1.29 is 0 Å². The minimum Gasteiger partial charge on any atom is -0.309 e. The zero-order chi connectivity index (χ0) is 28.9. The Balaban J connectivity index is 1.34.